The number of aliphatic carboxylic acids is 1. The van der Waals surface area contributed by atoms with Crippen LogP contribution in [-0.4, -0.2) is 23.5 Å². The molecule has 0 aliphatic heterocycles. The number of benzene rings is 1. The summed E-state index contributed by atoms with van der Waals surface area (Å²) in [6.07, 6.45) is 0.194. The number of hydrogen-bond acceptors (Lipinski definition) is 2. The third-order valence-electron chi connectivity index (χ3n) is 3.22. The summed E-state index contributed by atoms with van der Waals surface area (Å²) in [7, 11) is 0. The first-order valence-corrected chi connectivity index (χ1v) is 6.48. The van der Waals surface area contributed by atoms with Crippen LogP contribution in [0.15, 0.2) is 24.3 Å². The van der Waals surface area contributed by atoms with Crippen molar-refractivity contribution in [3.63, 3.8) is 0 Å². The lowest BCUT2D eigenvalue weighted by molar-refractivity contribution is -0.146. The van der Waals surface area contributed by atoms with Gasteiger partial charge in [0.1, 0.15) is 5.82 Å². The number of carbonyl (C=O) groups excluding carboxylic acids is 1. The second kappa shape index (κ2) is 6.50. The first kappa shape index (κ1) is 16.1. The summed E-state index contributed by atoms with van der Waals surface area (Å²) in [5.41, 5.74) is -0.254. The Morgan fingerprint density at radius 1 is 1.40 bits per heavy atom. The Kier molecular flexibility index (Phi) is 5.25. The highest BCUT2D eigenvalue weighted by Crippen LogP contribution is 2.20. The van der Waals surface area contributed by atoms with Gasteiger partial charge >= 0.3 is 5.97 Å². The number of hydrogen-bond donors (Lipinski definition) is 2. The molecule has 110 valence electrons. The van der Waals surface area contributed by atoms with Crippen LogP contribution in [-0.2, 0) is 9.59 Å². The molecule has 0 aliphatic rings. The van der Waals surface area contributed by atoms with Gasteiger partial charge in [0.2, 0.25) is 5.91 Å². The molecule has 0 aromatic heterocycles. The summed E-state index contributed by atoms with van der Waals surface area (Å²) in [5, 5.41) is 11.6. The number of nitrogens with one attached hydrogen (secondary N) is 1. The van der Waals surface area contributed by atoms with E-state index < -0.39 is 11.4 Å². The fourth-order valence-electron chi connectivity index (χ4n) is 1.68. The molecule has 4 nitrogen and oxygen atoms in total. The maximum absolute atomic E-state index is 13.1. The van der Waals surface area contributed by atoms with Gasteiger partial charge in [-0.15, -0.1) is 0 Å². The average molecular weight is 281 g/mol. The molecule has 20 heavy (non-hydrogen) atoms. The van der Waals surface area contributed by atoms with E-state index in [1.165, 1.54) is 12.1 Å². The van der Waals surface area contributed by atoms with Crippen molar-refractivity contribution >= 4 is 11.9 Å². The van der Waals surface area contributed by atoms with Crippen molar-refractivity contribution in [2.75, 3.05) is 6.54 Å². The number of amides is 1. The van der Waals surface area contributed by atoms with Gasteiger partial charge in [0.15, 0.2) is 0 Å². The van der Waals surface area contributed by atoms with Crippen LogP contribution < -0.4 is 5.32 Å². The number of carboxylic acids is 1. The molecule has 0 radical (unpaired) electrons. The number of rotatable bonds is 6. The van der Waals surface area contributed by atoms with Crippen molar-refractivity contribution in [1.82, 2.24) is 5.32 Å². The van der Waals surface area contributed by atoms with Crippen molar-refractivity contribution in [2.24, 2.45) is 5.41 Å². The fraction of sp³-hybridized carbons (Fsp3) is 0.467. The third kappa shape index (κ3) is 4.64. The van der Waals surface area contributed by atoms with Crippen molar-refractivity contribution in [2.45, 2.75) is 33.1 Å². The van der Waals surface area contributed by atoms with Crippen molar-refractivity contribution in [3.8, 4) is 0 Å². The monoisotopic (exact) mass is 281 g/mol. The molecule has 2 N–H and O–H groups in total. The van der Waals surface area contributed by atoms with Gasteiger partial charge < -0.3 is 10.4 Å². The lowest BCUT2D eigenvalue weighted by Crippen LogP contribution is -2.39. The summed E-state index contributed by atoms with van der Waals surface area (Å²) in [5.74, 6) is -1.66. The van der Waals surface area contributed by atoms with Crippen LogP contribution in [0.4, 0.5) is 4.39 Å². The normalized spacial score (nSPS) is 12.8. The molecule has 1 unspecified atom stereocenters. The molecule has 0 saturated heterocycles. The zero-order chi connectivity index (χ0) is 15.3. The zero-order valence-electron chi connectivity index (χ0n) is 11.9. The Morgan fingerprint density at radius 3 is 2.60 bits per heavy atom. The summed E-state index contributed by atoms with van der Waals surface area (Å²) in [4.78, 5) is 22.7. The molecule has 0 heterocycles. The van der Waals surface area contributed by atoms with Crippen LogP contribution in [0.5, 0.6) is 0 Å². The van der Waals surface area contributed by atoms with E-state index in [0.29, 0.717) is 0 Å². The first-order chi connectivity index (χ1) is 9.22. The third-order valence-corrected chi connectivity index (χ3v) is 3.22. The van der Waals surface area contributed by atoms with E-state index in [4.69, 9.17) is 5.11 Å². The maximum atomic E-state index is 13.1. The lowest BCUT2D eigenvalue weighted by atomic mass is 9.93. The minimum atomic E-state index is -1.00. The molecule has 1 aromatic rings. The number of halogens is 1. The van der Waals surface area contributed by atoms with Crippen LogP contribution >= 0.6 is 0 Å². The predicted octanol–water partition coefficient (Wildman–Crippen LogP) is 2.55. The maximum Gasteiger partial charge on any atom is 0.310 e. The molecule has 0 spiro atoms. The Morgan fingerprint density at radius 2 is 2.05 bits per heavy atom. The molecule has 0 fully saturated rings. The van der Waals surface area contributed by atoms with Gasteiger partial charge in [-0.3, -0.25) is 9.59 Å². The highest BCUT2D eigenvalue weighted by Gasteiger charge is 2.27. The van der Waals surface area contributed by atoms with Gasteiger partial charge in [0, 0.05) is 13.0 Å². The van der Waals surface area contributed by atoms with Crippen LogP contribution in [0.3, 0.4) is 0 Å². The van der Waals surface area contributed by atoms with Crippen molar-refractivity contribution < 1.29 is 19.1 Å². The van der Waals surface area contributed by atoms with Gasteiger partial charge in [-0.25, -0.2) is 4.39 Å². The quantitative estimate of drug-likeness (QED) is 0.842. The topological polar surface area (TPSA) is 66.4 Å². The van der Waals surface area contributed by atoms with E-state index in [0.717, 1.165) is 5.56 Å². The molecule has 0 saturated carbocycles. The average Bonchev–Trinajstić information content (AvgIpc) is 2.36. The SMILES string of the molecule is CC(CC(=O)NCC(C)(C)C(=O)O)c1cccc(F)c1. The Balaban J connectivity index is 2.52. The van der Waals surface area contributed by atoms with Gasteiger partial charge in [-0.1, -0.05) is 19.1 Å². The van der Waals surface area contributed by atoms with Gasteiger partial charge in [0.05, 0.1) is 5.41 Å². The highest BCUT2D eigenvalue weighted by atomic mass is 19.1. The minimum absolute atomic E-state index is 0.0665. The van der Waals surface area contributed by atoms with E-state index in [1.807, 2.05) is 6.92 Å². The van der Waals surface area contributed by atoms with Crippen LogP contribution in [0.1, 0.15) is 38.7 Å². The summed E-state index contributed by atoms with van der Waals surface area (Å²) in [6, 6.07) is 6.12. The molecule has 5 heteroatoms. The fourth-order valence-corrected chi connectivity index (χ4v) is 1.68. The molecule has 1 amide bonds. The predicted molar refractivity (Wildman–Crippen MR) is 73.9 cm³/mol. The second-order valence-corrected chi connectivity index (χ2v) is 5.63. The Hall–Kier alpha value is -1.91. The molecule has 1 rings (SSSR count). The van der Waals surface area contributed by atoms with Crippen LogP contribution in [0, 0.1) is 11.2 Å². The molecular formula is C15H20FNO3. The van der Waals surface area contributed by atoms with Crippen LogP contribution in [0.2, 0.25) is 0 Å². The summed E-state index contributed by atoms with van der Waals surface area (Å²) in [6.45, 7) is 4.99. The van der Waals surface area contributed by atoms with E-state index in [9.17, 15) is 14.0 Å². The second-order valence-electron chi connectivity index (χ2n) is 5.63. The van der Waals surface area contributed by atoms with Gasteiger partial charge in [-0.05, 0) is 37.5 Å². The van der Waals surface area contributed by atoms with Crippen LogP contribution in [0.25, 0.3) is 0 Å². The van der Waals surface area contributed by atoms with Crippen molar-refractivity contribution in [3.05, 3.63) is 35.6 Å². The molecule has 1 aromatic carbocycles. The molecule has 0 aliphatic carbocycles. The van der Waals surface area contributed by atoms with E-state index in [-0.39, 0.29) is 30.6 Å². The molecular weight excluding hydrogens is 261 g/mol. The summed E-state index contributed by atoms with van der Waals surface area (Å²) < 4.78 is 13.1. The van der Waals surface area contributed by atoms with E-state index in [2.05, 4.69) is 5.32 Å². The van der Waals surface area contributed by atoms with Gasteiger partial charge in [0.25, 0.3) is 0 Å². The summed E-state index contributed by atoms with van der Waals surface area (Å²) >= 11 is 0. The standard InChI is InChI=1S/C15H20FNO3/c1-10(11-5-4-6-12(16)8-11)7-13(18)17-9-15(2,3)14(19)20/h4-6,8,10H,7,9H2,1-3H3,(H,17,18)(H,19,20). The molecule has 0 bridgehead atoms. The number of carbonyl (C=O) groups is 2. The molecule has 1 atom stereocenters. The Labute approximate surface area is 118 Å². The minimum Gasteiger partial charge on any atom is -0.481 e. The van der Waals surface area contributed by atoms with E-state index >= 15 is 0 Å². The van der Waals surface area contributed by atoms with E-state index in [1.54, 1.807) is 26.0 Å². The zero-order valence-corrected chi connectivity index (χ0v) is 11.9. The largest absolute Gasteiger partial charge is 0.481 e. The number of carboxylic acid groups (broad SMARTS) is 1. The lowest BCUT2D eigenvalue weighted by Gasteiger charge is -2.20. The first-order valence-electron chi connectivity index (χ1n) is 6.48. The van der Waals surface area contributed by atoms with Crippen molar-refractivity contribution in [1.29, 1.82) is 0 Å². The highest BCUT2D eigenvalue weighted by molar-refractivity contribution is 5.79. The van der Waals surface area contributed by atoms with Gasteiger partial charge in [-0.2, -0.15) is 0 Å². The smallest absolute Gasteiger partial charge is 0.310 e. The Bertz CT molecular complexity index is 500.